The van der Waals surface area contributed by atoms with Crippen molar-refractivity contribution >= 4 is 16.9 Å². The lowest BCUT2D eigenvalue weighted by molar-refractivity contribution is -0.121. The normalized spacial score (nSPS) is 17.1. The van der Waals surface area contributed by atoms with Crippen molar-refractivity contribution in [2.24, 2.45) is 0 Å². The number of carbonyl (C=O) groups is 1. The van der Waals surface area contributed by atoms with Crippen molar-refractivity contribution in [3.63, 3.8) is 0 Å². The number of benzene rings is 2. The number of aromatic nitrogens is 2. The van der Waals surface area contributed by atoms with Gasteiger partial charge in [0.25, 0.3) is 0 Å². The SMILES string of the molecule is CCn1c(=O)n(CCC(=O)N[C@H]2CCN(Cc3ccccc3)C2)c2ccccc21. The molecule has 1 N–H and O–H groups in total. The van der Waals surface area contributed by atoms with Gasteiger partial charge in [0.05, 0.1) is 11.0 Å². The Kier molecular flexibility index (Phi) is 5.81. The number of likely N-dealkylation sites (tertiary alicyclic amines) is 1. The lowest BCUT2D eigenvalue weighted by atomic mass is 10.2. The highest BCUT2D eigenvalue weighted by Gasteiger charge is 2.24. The van der Waals surface area contributed by atoms with Crippen molar-refractivity contribution in [2.75, 3.05) is 13.1 Å². The van der Waals surface area contributed by atoms with Crippen molar-refractivity contribution < 1.29 is 4.79 Å². The zero-order chi connectivity index (χ0) is 20.2. The summed E-state index contributed by atoms with van der Waals surface area (Å²) in [7, 11) is 0. The molecule has 1 aliphatic heterocycles. The van der Waals surface area contributed by atoms with Gasteiger partial charge >= 0.3 is 5.69 Å². The Morgan fingerprint density at radius 1 is 1.03 bits per heavy atom. The standard InChI is InChI=1S/C23H28N4O2/c1-2-26-20-10-6-7-11-21(20)27(23(26)29)15-13-22(28)24-19-12-14-25(17-19)16-18-8-4-3-5-9-18/h3-11,19H,2,12-17H2,1H3,(H,24,28)/t19-/m0/s1. The minimum absolute atomic E-state index is 0.0109. The van der Waals surface area contributed by atoms with E-state index in [2.05, 4.69) is 34.5 Å². The molecule has 4 rings (SSSR count). The molecule has 0 unspecified atom stereocenters. The smallest absolute Gasteiger partial charge is 0.329 e. The van der Waals surface area contributed by atoms with Crippen LogP contribution in [0.3, 0.4) is 0 Å². The molecule has 1 aliphatic rings. The Hall–Kier alpha value is -2.86. The van der Waals surface area contributed by atoms with Gasteiger partial charge in [0, 0.05) is 45.2 Å². The van der Waals surface area contributed by atoms with Gasteiger partial charge in [-0.15, -0.1) is 0 Å². The Morgan fingerprint density at radius 2 is 1.72 bits per heavy atom. The summed E-state index contributed by atoms with van der Waals surface area (Å²) >= 11 is 0. The van der Waals surface area contributed by atoms with E-state index in [9.17, 15) is 9.59 Å². The molecule has 0 aliphatic carbocycles. The van der Waals surface area contributed by atoms with Crippen LogP contribution in [0.4, 0.5) is 0 Å². The van der Waals surface area contributed by atoms with Gasteiger partial charge in [-0.1, -0.05) is 42.5 Å². The van der Waals surface area contributed by atoms with Gasteiger partial charge in [0.2, 0.25) is 5.91 Å². The summed E-state index contributed by atoms with van der Waals surface area (Å²) in [6, 6.07) is 18.4. The molecule has 29 heavy (non-hydrogen) atoms. The highest BCUT2D eigenvalue weighted by Crippen LogP contribution is 2.15. The van der Waals surface area contributed by atoms with Gasteiger partial charge in [-0.05, 0) is 31.0 Å². The van der Waals surface area contributed by atoms with Crippen LogP contribution in [0, 0.1) is 0 Å². The van der Waals surface area contributed by atoms with Crippen LogP contribution < -0.4 is 11.0 Å². The van der Waals surface area contributed by atoms with Crippen molar-refractivity contribution in [3.05, 3.63) is 70.6 Å². The molecule has 0 spiro atoms. The van der Waals surface area contributed by atoms with Crippen LogP contribution in [-0.4, -0.2) is 39.1 Å². The van der Waals surface area contributed by atoms with Crippen LogP contribution in [0.1, 0.15) is 25.3 Å². The molecule has 2 heterocycles. The number of nitrogens with one attached hydrogen (secondary N) is 1. The maximum absolute atomic E-state index is 12.7. The maximum Gasteiger partial charge on any atom is 0.329 e. The Labute approximate surface area is 170 Å². The fraction of sp³-hybridized carbons (Fsp3) is 0.391. The van der Waals surface area contributed by atoms with Gasteiger partial charge in [-0.3, -0.25) is 18.8 Å². The van der Waals surface area contributed by atoms with Gasteiger partial charge in [0.15, 0.2) is 0 Å². The van der Waals surface area contributed by atoms with Crippen LogP contribution in [0.15, 0.2) is 59.4 Å². The number of hydrogen-bond donors (Lipinski definition) is 1. The maximum atomic E-state index is 12.7. The fourth-order valence-corrected chi connectivity index (χ4v) is 4.24. The molecule has 6 nitrogen and oxygen atoms in total. The molecule has 152 valence electrons. The predicted molar refractivity (Wildman–Crippen MR) is 115 cm³/mol. The molecule has 0 bridgehead atoms. The summed E-state index contributed by atoms with van der Waals surface area (Å²) in [6.07, 6.45) is 1.28. The molecule has 1 fully saturated rings. The summed E-state index contributed by atoms with van der Waals surface area (Å²) in [5, 5.41) is 3.15. The Bertz CT molecular complexity index is 1040. The third-order valence-electron chi connectivity index (χ3n) is 5.69. The molecule has 3 aromatic rings. The van der Waals surface area contributed by atoms with Crippen molar-refractivity contribution in [2.45, 2.75) is 45.4 Å². The molecule has 6 heteroatoms. The second-order valence-corrected chi connectivity index (χ2v) is 7.69. The number of hydrogen-bond acceptors (Lipinski definition) is 3. The topological polar surface area (TPSA) is 59.3 Å². The third-order valence-corrected chi connectivity index (χ3v) is 5.69. The molecule has 2 aromatic carbocycles. The lowest BCUT2D eigenvalue weighted by Crippen LogP contribution is -2.37. The lowest BCUT2D eigenvalue weighted by Gasteiger charge is -2.17. The van der Waals surface area contributed by atoms with E-state index in [1.165, 1.54) is 5.56 Å². The zero-order valence-electron chi connectivity index (χ0n) is 16.9. The molecule has 1 atom stereocenters. The van der Waals surface area contributed by atoms with Crippen LogP contribution in [0.5, 0.6) is 0 Å². The number of carbonyl (C=O) groups excluding carboxylic acids is 1. The van der Waals surface area contributed by atoms with Crippen molar-refractivity contribution in [3.8, 4) is 0 Å². The first-order valence-corrected chi connectivity index (χ1v) is 10.4. The number of imidazole rings is 1. The van der Waals surface area contributed by atoms with E-state index >= 15 is 0 Å². The quantitative estimate of drug-likeness (QED) is 0.672. The number of fused-ring (bicyclic) bond motifs is 1. The third kappa shape index (κ3) is 4.27. The summed E-state index contributed by atoms with van der Waals surface area (Å²) in [5.41, 5.74) is 3.07. The molecule has 0 radical (unpaired) electrons. The van der Waals surface area contributed by atoms with Gasteiger partial charge < -0.3 is 5.32 Å². The predicted octanol–water partition coefficient (Wildman–Crippen LogP) is 2.60. The second kappa shape index (κ2) is 8.66. The monoisotopic (exact) mass is 392 g/mol. The first-order chi connectivity index (χ1) is 14.2. The average molecular weight is 393 g/mol. The Morgan fingerprint density at radius 3 is 2.45 bits per heavy atom. The second-order valence-electron chi connectivity index (χ2n) is 7.69. The molecule has 1 aromatic heterocycles. The van der Waals surface area contributed by atoms with Crippen LogP contribution in [0.25, 0.3) is 11.0 Å². The van der Waals surface area contributed by atoms with Crippen LogP contribution in [-0.2, 0) is 24.4 Å². The van der Waals surface area contributed by atoms with E-state index < -0.39 is 0 Å². The van der Waals surface area contributed by atoms with Crippen LogP contribution >= 0.6 is 0 Å². The van der Waals surface area contributed by atoms with E-state index in [-0.39, 0.29) is 17.6 Å². The summed E-state index contributed by atoms with van der Waals surface area (Å²) in [6.45, 7) is 5.76. The van der Waals surface area contributed by atoms with E-state index in [0.29, 0.717) is 19.5 Å². The highest BCUT2D eigenvalue weighted by molar-refractivity contribution is 5.78. The highest BCUT2D eigenvalue weighted by atomic mass is 16.2. The fourth-order valence-electron chi connectivity index (χ4n) is 4.24. The molecular formula is C23H28N4O2. The van der Waals surface area contributed by atoms with Gasteiger partial charge in [0.1, 0.15) is 0 Å². The molecule has 1 saturated heterocycles. The molecular weight excluding hydrogens is 364 g/mol. The minimum atomic E-state index is -0.0450. The van der Waals surface area contributed by atoms with Gasteiger partial charge in [-0.2, -0.15) is 0 Å². The molecule has 1 amide bonds. The zero-order valence-corrected chi connectivity index (χ0v) is 16.9. The average Bonchev–Trinajstić information content (AvgIpc) is 3.28. The summed E-state index contributed by atoms with van der Waals surface area (Å²) < 4.78 is 3.47. The number of amides is 1. The van der Waals surface area contributed by atoms with Crippen molar-refractivity contribution in [1.82, 2.24) is 19.4 Å². The minimum Gasteiger partial charge on any atom is -0.352 e. The van der Waals surface area contributed by atoms with E-state index in [1.807, 2.05) is 37.3 Å². The van der Waals surface area contributed by atoms with E-state index in [4.69, 9.17) is 0 Å². The summed E-state index contributed by atoms with van der Waals surface area (Å²) in [4.78, 5) is 27.6. The van der Waals surface area contributed by atoms with Gasteiger partial charge in [-0.25, -0.2) is 4.79 Å². The number of para-hydroxylation sites is 2. The number of nitrogens with zero attached hydrogens (tertiary/aromatic N) is 3. The van der Waals surface area contributed by atoms with E-state index in [0.717, 1.165) is 37.1 Å². The summed E-state index contributed by atoms with van der Waals surface area (Å²) in [5.74, 6) is 0.0109. The largest absolute Gasteiger partial charge is 0.352 e. The molecule has 0 saturated carbocycles. The first kappa shape index (κ1) is 19.5. The number of rotatable bonds is 7. The first-order valence-electron chi connectivity index (χ1n) is 10.4. The van der Waals surface area contributed by atoms with Crippen molar-refractivity contribution in [1.29, 1.82) is 0 Å². The van der Waals surface area contributed by atoms with Crippen LogP contribution in [0.2, 0.25) is 0 Å². The number of aryl methyl sites for hydroxylation is 2. The Balaban J connectivity index is 1.33. The van der Waals surface area contributed by atoms with E-state index in [1.54, 1.807) is 9.13 Å².